The summed E-state index contributed by atoms with van der Waals surface area (Å²) in [4.78, 5) is 11.8. The maximum atomic E-state index is 11.8. The molecule has 1 aliphatic heterocycles. The number of cyclic esters (lactones) is 1. The molecule has 2 nitrogen and oxygen atoms in total. The lowest BCUT2D eigenvalue weighted by atomic mass is 9.73. The number of carbonyl (C=O) groups excluding carboxylic acids is 1. The average Bonchev–Trinajstić information content (AvgIpc) is 2.58. The van der Waals surface area contributed by atoms with Gasteiger partial charge in [0.2, 0.25) is 0 Å². The standard InChI is InChI=1S/C12H18O2/c1-8-4-9-6-10(5-8)12(7-9)2-3-14-11(12)13/h8-10H,2-7H2,1H3. The predicted octanol–water partition coefficient (Wildman–Crippen LogP) is 2.38. The molecule has 3 rings (SSSR count). The summed E-state index contributed by atoms with van der Waals surface area (Å²) < 4.78 is 5.20. The molecule has 2 saturated carbocycles. The number of fused-ring (bicyclic) bond motifs is 3. The van der Waals surface area contributed by atoms with Gasteiger partial charge in [-0.2, -0.15) is 0 Å². The quantitative estimate of drug-likeness (QED) is 0.553. The normalized spacial score (nSPS) is 51.2. The highest BCUT2D eigenvalue weighted by molar-refractivity contribution is 5.79. The third-order valence-corrected chi connectivity index (χ3v) is 4.66. The van der Waals surface area contributed by atoms with E-state index in [-0.39, 0.29) is 11.4 Å². The van der Waals surface area contributed by atoms with E-state index < -0.39 is 0 Å². The minimum absolute atomic E-state index is 0.0323. The van der Waals surface area contributed by atoms with Crippen LogP contribution in [0, 0.1) is 23.2 Å². The molecule has 1 heterocycles. The second kappa shape index (κ2) is 2.74. The summed E-state index contributed by atoms with van der Waals surface area (Å²) in [6.45, 7) is 3.01. The summed E-state index contributed by atoms with van der Waals surface area (Å²) >= 11 is 0. The van der Waals surface area contributed by atoms with Crippen molar-refractivity contribution in [2.75, 3.05) is 6.61 Å². The van der Waals surface area contributed by atoms with E-state index in [9.17, 15) is 4.79 Å². The van der Waals surface area contributed by atoms with Crippen LogP contribution in [-0.2, 0) is 9.53 Å². The van der Waals surface area contributed by atoms with Crippen molar-refractivity contribution in [3.63, 3.8) is 0 Å². The largest absolute Gasteiger partial charge is 0.465 e. The van der Waals surface area contributed by atoms with E-state index in [0.717, 1.165) is 24.7 Å². The minimum Gasteiger partial charge on any atom is -0.465 e. The zero-order chi connectivity index (χ0) is 9.76. The predicted molar refractivity (Wildman–Crippen MR) is 52.6 cm³/mol. The van der Waals surface area contributed by atoms with E-state index >= 15 is 0 Å². The first-order valence-electron chi connectivity index (χ1n) is 5.88. The van der Waals surface area contributed by atoms with Crippen molar-refractivity contribution < 1.29 is 9.53 Å². The van der Waals surface area contributed by atoms with Gasteiger partial charge in [-0.05, 0) is 49.9 Å². The van der Waals surface area contributed by atoms with Crippen LogP contribution < -0.4 is 0 Å². The fourth-order valence-electron chi connectivity index (χ4n) is 4.17. The average molecular weight is 194 g/mol. The molecule has 0 aromatic carbocycles. The Bertz CT molecular complexity index is 273. The molecule has 0 radical (unpaired) electrons. The van der Waals surface area contributed by atoms with E-state index in [1.54, 1.807) is 0 Å². The molecule has 4 atom stereocenters. The van der Waals surface area contributed by atoms with Gasteiger partial charge in [0.25, 0.3) is 0 Å². The summed E-state index contributed by atoms with van der Waals surface area (Å²) in [6.07, 6.45) is 6.01. The fourth-order valence-corrected chi connectivity index (χ4v) is 4.17. The van der Waals surface area contributed by atoms with Gasteiger partial charge in [-0.1, -0.05) is 6.92 Å². The van der Waals surface area contributed by atoms with Crippen molar-refractivity contribution in [2.24, 2.45) is 23.2 Å². The zero-order valence-corrected chi connectivity index (χ0v) is 8.79. The van der Waals surface area contributed by atoms with E-state index in [4.69, 9.17) is 4.74 Å². The number of hydrogen-bond donors (Lipinski definition) is 0. The molecule has 3 aliphatic rings. The first-order chi connectivity index (χ1) is 6.71. The van der Waals surface area contributed by atoms with Gasteiger partial charge in [0, 0.05) is 0 Å². The van der Waals surface area contributed by atoms with Crippen molar-refractivity contribution in [2.45, 2.75) is 39.0 Å². The minimum atomic E-state index is -0.0323. The molecule has 3 fully saturated rings. The number of ether oxygens (including phenoxy) is 1. The zero-order valence-electron chi connectivity index (χ0n) is 8.79. The Hall–Kier alpha value is -0.530. The second-order valence-corrected chi connectivity index (χ2v) is 5.62. The van der Waals surface area contributed by atoms with Gasteiger partial charge < -0.3 is 4.74 Å². The molecule has 0 aromatic rings. The molecule has 14 heavy (non-hydrogen) atoms. The van der Waals surface area contributed by atoms with Gasteiger partial charge >= 0.3 is 5.97 Å². The Morgan fingerprint density at radius 2 is 2.21 bits per heavy atom. The first kappa shape index (κ1) is 8.75. The smallest absolute Gasteiger partial charge is 0.312 e. The topological polar surface area (TPSA) is 26.3 Å². The monoisotopic (exact) mass is 194 g/mol. The van der Waals surface area contributed by atoms with Crippen LogP contribution in [0.2, 0.25) is 0 Å². The van der Waals surface area contributed by atoms with Crippen molar-refractivity contribution in [3.8, 4) is 0 Å². The molecule has 0 amide bonds. The number of rotatable bonds is 0. The van der Waals surface area contributed by atoms with Crippen LogP contribution in [0.4, 0.5) is 0 Å². The Morgan fingerprint density at radius 3 is 2.93 bits per heavy atom. The third kappa shape index (κ3) is 0.999. The summed E-state index contributed by atoms with van der Waals surface area (Å²) in [5.41, 5.74) is -0.0323. The highest BCUT2D eigenvalue weighted by atomic mass is 16.5. The summed E-state index contributed by atoms with van der Waals surface area (Å²) in [5.74, 6) is 2.41. The van der Waals surface area contributed by atoms with Gasteiger partial charge in [0.05, 0.1) is 12.0 Å². The lowest BCUT2D eigenvalue weighted by Crippen LogP contribution is -2.31. The van der Waals surface area contributed by atoms with E-state index in [1.165, 1.54) is 19.3 Å². The van der Waals surface area contributed by atoms with E-state index in [0.29, 0.717) is 12.5 Å². The molecular formula is C12H18O2. The Balaban J connectivity index is 1.92. The second-order valence-electron chi connectivity index (χ2n) is 5.62. The van der Waals surface area contributed by atoms with Crippen molar-refractivity contribution in [1.82, 2.24) is 0 Å². The van der Waals surface area contributed by atoms with Crippen LogP contribution in [-0.4, -0.2) is 12.6 Å². The molecular weight excluding hydrogens is 176 g/mol. The van der Waals surface area contributed by atoms with Crippen molar-refractivity contribution in [1.29, 1.82) is 0 Å². The van der Waals surface area contributed by atoms with Crippen LogP contribution in [0.15, 0.2) is 0 Å². The number of carbonyl (C=O) groups is 1. The lowest BCUT2D eigenvalue weighted by molar-refractivity contribution is -0.148. The molecule has 1 spiro atoms. The highest BCUT2D eigenvalue weighted by Crippen LogP contribution is 2.58. The maximum absolute atomic E-state index is 11.8. The van der Waals surface area contributed by atoms with Gasteiger partial charge in [0.1, 0.15) is 0 Å². The SMILES string of the molecule is CC1CC2CC(C1)C1(CCOC1=O)C2. The van der Waals surface area contributed by atoms with Crippen LogP contribution in [0.5, 0.6) is 0 Å². The third-order valence-electron chi connectivity index (χ3n) is 4.66. The van der Waals surface area contributed by atoms with Crippen molar-refractivity contribution >= 4 is 5.97 Å². The van der Waals surface area contributed by atoms with Crippen LogP contribution in [0.25, 0.3) is 0 Å². The molecule has 1 saturated heterocycles. The summed E-state index contributed by atoms with van der Waals surface area (Å²) in [6, 6.07) is 0. The summed E-state index contributed by atoms with van der Waals surface area (Å²) in [7, 11) is 0. The molecule has 2 heteroatoms. The first-order valence-corrected chi connectivity index (χ1v) is 5.88. The Morgan fingerprint density at radius 1 is 1.36 bits per heavy atom. The van der Waals surface area contributed by atoms with Crippen LogP contribution >= 0.6 is 0 Å². The van der Waals surface area contributed by atoms with Gasteiger partial charge in [-0.15, -0.1) is 0 Å². The molecule has 0 N–H and O–H groups in total. The maximum Gasteiger partial charge on any atom is 0.312 e. The van der Waals surface area contributed by atoms with Crippen molar-refractivity contribution in [3.05, 3.63) is 0 Å². The summed E-state index contributed by atoms with van der Waals surface area (Å²) in [5, 5.41) is 0. The lowest BCUT2D eigenvalue weighted by Gasteiger charge is -2.29. The van der Waals surface area contributed by atoms with Crippen LogP contribution in [0.1, 0.15) is 39.0 Å². The molecule has 2 bridgehead atoms. The molecule has 2 aliphatic carbocycles. The number of esters is 1. The molecule has 0 aromatic heterocycles. The number of hydrogen-bond acceptors (Lipinski definition) is 2. The van der Waals surface area contributed by atoms with Gasteiger partial charge in [-0.25, -0.2) is 0 Å². The molecule has 4 unspecified atom stereocenters. The fraction of sp³-hybridized carbons (Fsp3) is 0.917. The Labute approximate surface area is 85.0 Å². The van der Waals surface area contributed by atoms with Crippen LogP contribution in [0.3, 0.4) is 0 Å². The van der Waals surface area contributed by atoms with E-state index in [2.05, 4.69) is 6.92 Å². The van der Waals surface area contributed by atoms with Gasteiger partial charge in [-0.3, -0.25) is 4.79 Å². The van der Waals surface area contributed by atoms with E-state index in [1.807, 2.05) is 0 Å². The highest BCUT2D eigenvalue weighted by Gasteiger charge is 2.57. The Kier molecular flexibility index (Phi) is 1.71. The molecule has 78 valence electrons. The van der Waals surface area contributed by atoms with Gasteiger partial charge in [0.15, 0.2) is 0 Å².